The van der Waals surface area contributed by atoms with E-state index >= 15 is 0 Å². The largest absolute Gasteiger partial charge is 0.490 e. The number of hydrogen-bond donors (Lipinski definition) is 1. The van der Waals surface area contributed by atoms with Crippen molar-refractivity contribution in [1.82, 2.24) is 5.32 Å². The number of hydrogen-bond acceptors (Lipinski definition) is 3. The lowest BCUT2D eigenvalue weighted by Gasteiger charge is -2.16. The molecule has 0 bridgehead atoms. The molecule has 1 N–H and O–H groups in total. The Balaban J connectivity index is 1.98. The zero-order valence-electron chi connectivity index (χ0n) is 16.2. The van der Waals surface area contributed by atoms with Gasteiger partial charge in [0.2, 0.25) is 0 Å². The summed E-state index contributed by atoms with van der Waals surface area (Å²) in [6.07, 6.45) is 4.96. The Labute approximate surface area is 166 Å². The topological polar surface area (TPSA) is 30.5 Å². The van der Waals surface area contributed by atoms with E-state index in [2.05, 4.69) is 12.2 Å². The van der Waals surface area contributed by atoms with Crippen molar-refractivity contribution in [2.75, 3.05) is 13.2 Å². The maximum absolute atomic E-state index is 13.0. The van der Waals surface area contributed by atoms with Crippen molar-refractivity contribution in [3.63, 3.8) is 0 Å². The van der Waals surface area contributed by atoms with Gasteiger partial charge in [-0.25, -0.2) is 4.39 Å². The van der Waals surface area contributed by atoms with E-state index in [-0.39, 0.29) is 5.82 Å². The summed E-state index contributed by atoms with van der Waals surface area (Å²) in [4.78, 5) is 0. The standard InChI is InChI=1S/C22H29ClFNO2/c1-3-5-6-7-12-25-15-18-13-20(23)22(21(14-18)26-4-2)27-16-17-8-10-19(24)11-9-17/h8-11,13-14,25H,3-7,12,15-16H2,1-2H3. The lowest BCUT2D eigenvalue weighted by atomic mass is 10.1. The maximum Gasteiger partial charge on any atom is 0.180 e. The highest BCUT2D eigenvalue weighted by Crippen LogP contribution is 2.37. The lowest BCUT2D eigenvalue weighted by molar-refractivity contribution is 0.269. The monoisotopic (exact) mass is 393 g/mol. The van der Waals surface area contributed by atoms with E-state index < -0.39 is 0 Å². The van der Waals surface area contributed by atoms with Crippen molar-refractivity contribution in [2.45, 2.75) is 52.7 Å². The van der Waals surface area contributed by atoms with Gasteiger partial charge in [-0.15, -0.1) is 0 Å². The van der Waals surface area contributed by atoms with E-state index in [1.165, 1.54) is 37.8 Å². The Morgan fingerprint density at radius 2 is 1.74 bits per heavy atom. The van der Waals surface area contributed by atoms with E-state index in [9.17, 15) is 4.39 Å². The molecule has 0 radical (unpaired) electrons. The highest BCUT2D eigenvalue weighted by atomic mass is 35.5. The van der Waals surface area contributed by atoms with Crippen LogP contribution in [-0.2, 0) is 13.2 Å². The summed E-state index contributed by atoms with van der Waals surface area (Å²) in [6.45, 7) is 6.70. The van der Waals surface area contributed by atoms with Gasteiger partial charge in [-0.1, -0.05) is 49.9 Å². The number of halogens is 2. The van der Waals surface area contributed by atoms with Crippen molar-refractivity contribution < 1.29 is 13.9 Å². The van der Waals surface area contributed by atoms with Crippen LogP contribution in [0.2, 0.25) is 5.02 Å². The normalized spacial score (nSPS) is 10.8. The highest BCUT2D eigenvalue weighted by Gasteiger charge is 2.13. The average Bonchev–Trinajstić information content (AvgIpc) is 2.65. The fourth-order valence-electron chi connectivity index (χ4n) is 2.77. The smallest absolute Gasteiger partial charge is 0.180 e. The van der Waals surface area contributed by atoms with Gasteiger partial charge in [0, 0.05) is 6.54 Å². The summed E-state index contributed by atoms with van der Waals surface area (Å²) < 4.78 is 24.6. The minimum Gasteiger partial charge on any atom is -0.490 e. The summed E-state index contributed by atoms with van der Waals surface area (Å²) in [5.41, 5.74) is 1.93. The summed E-state index contributed by atoms with van der Waals surface area (Å²) in [7, 11) is 0. The number of rotatable bonds is 12. The van der Waals surface area contributed by atoms with Crippen LogP contribution < -0.4 is 14.8 Å². The molecular formula is C22H29ClFNO2. The molecule has 2 rings (SSSR count). The number of nitrogens with one attached hydrogen (secondary N) is 1. The maximum atomic E-state index is 13.0. The molecule has 0 aromatic heterocycles. The van der Waals surface area contributed by atoms with Gasteiger partial charge in [0.05, 0.1) is 11.6 Å². The zero-order valence-corrected chi connectivity index (χ0v) is 16.9. The van der Waals surface area contributed by atoms with Crippen molar-refractivity contribution in [3.8, 4) is 11.5 Å². The van der Waals surface area contributed by atoms with Crippen LogP contribution in [0.25, 0.3) is 0 Å². The van der Waals surface area contributed by atoms with Crippen molar-refractivity contribution in [1.29, 1.82) is 0 Å². The number of unbranched alkanes of at least 4 members (excludes halogenated alkanes) is 3. The van der Waals surface area contributed by atoms with Crippen LogP contribution in [-0.4, -0.2) is 13.2 Å². The second-order valence-corrected chi connectivity index (χ2v) is 6.90. The molecule has 0 unspecified atom stereocenters. The summed E-state index contributed by atoms with van der Waals surface area (Å²) >= 11 is 6.45. The van der Waals surface area contributed by atoms with Crippen molar-refractivity contribution in [2.24, 2.45) is 0 Å². The molecule has 3 nitrogen and oxygen atoms in total. The van der Waals surface area contributed by atoms with Crippen LogP contribution in [0.4, 0.5) is 4.39 Å². The molecule has 0 amide bonds. The van der Waals surface area contributed by atoms with Crippen LogP contribution in [0.1, 0.15) is 50.7 Å². The van der Waals surface area contributed by atoms with Crippen LogP contribution in [0.3, 0.4) is 0 Å². The quantitative estimate of drug-likeness (QED) is 0.440. The van der Waals surface area contributed by atoms with Gasteiger partial charge in [-0.2, -0.15) is 0 Å². The second-order valence-electron chi connectivity index (χ2n) is 6.49. The fourth-order valence-corrected chi connectivity index (χ4v) is 3.06. The third-order valence-corrected chi connectivity index (χ3v) is 4.48. The minimum absolute atomic E-state index is 0.265. The number of ether oxygens (including phenoxy) is 2. The molecule has 148 valence electrons. The summed E-state index contributed by atoms with van der Waals surface area (Å²) in [5, 5.41) is 3.97. The van der Waals surface area contributed by atoms with Crippen LogP contribution >= 0.6 is 11.6 Å². The van der Waals surface area contributed by atoms with Crippen LogP contribution in [0.15, 0.2) is 36.4 Å². The Kier molecular flexibility index (Phi) is 9.43. The molecule has 0 fully saturated rings. The average molecular weight is 394 g/mol. The summed E-state index contributed by atoms with van der Waals surface area (Å²) in [6, 6.07) is 10.1. The Morgan fingerprint density at radius 1 is 0.963 bits per heavy atom. The molecule has 0 atom stereocenters. The SMILES string of the molecule is CCCCCCNCc1cc(Cl)c(OCc2ccc(F)cc2)c(OCC)c1. The van der Waals surface area contributed by atoms with Gasteiger partial charge in [-0.05, 0) is 55.3 Å². The fraction of sp³-hybridized carbons (Fsp3) is 0.455. The van der Waals surface area contributed by atoms with Gasteiger partial charge in [0.25, 0.3) is 0 Å². The Morgan fingerprint density at radius 3 is 2.44 bits per heavy atom. The van der Waals surface area contributed by atoms with Gasteiger partial charge < -0.3 is 14.8 Å². The third kappa shape index (κ3) is 7.39. The van der Waals surface area contributed by atoms with E-state index in [1.54, 1.807) is 12.1 Å². The number of benzene rings is 2. The van der Waals surface area contributed by atoms with Gasteiger partial charge in [0.15, 0.2) is 11.5 Å². The highest BCUT2D eigenvalue weighted by molar-refractivity contribution is 6.32. The molecule has 2 aromatic carbocycles. The molecule has 0 aliphatic carbocycles. The summed E-state index contributed by atoms with van der Waals surface area (Å²) in [5.74, 6) is 0.891. The van der Waals surface area contributed by atoms with Crippen molar-refractivity contribution in [3.05, 3.63) is 58.4 Å². The molecule has 0 aliphatic rings. The second kappa shape index (κ2) is 11.8. The van der Waals surface area contributed by atoms with E-state index in [4.69, 9.17) is 21.1 Å². The van der Waals surface area contributed by atoms with E-state index in [0.717, 1.165) is 24.2 Å². The molecule has 0 heterocycles. The Hall–Kier alpha value is -1.78. The molecule has 0 aliphatic heterocycles. The van der Waals surface area contributed by atoms with Crippen LogP contribution in [0, 0.1) is 5.82 Å². The molecule has 0 saturated heterocycles. The zero-order chi connectivity index (χ0) is 19.5. The van der Waals surface area contributed by atoms with Gasteiger partial charge >= 0.3 is 0 Å². The first-order valence-corrected chi connectivity index (χ1v) is 10.0. The lowest BCUT2D eigenvalue weighted by Crippen LogP contribution is -2.15. The molecule has 0 spiro atoms. The minimum atomic E-state index is -0.265. The predicted molar refractivity (Wildman–Crippen MR) is 109 cm³/mol. The third-order valence-electron chi connectivity index (χ3n) is 4.20. The van der Waals surface area contributed by atoms with E-state index in [1.807, 2.05) is 19.1 Å². The van der Waals surface area contributed by atoms with E-state index in [0.29, 0.717) is 29.7 Å². The Bertz CT molecular complexity index is 691. The molecule has 27 heavy (non-hydrogen) atoms. The van der Waals surface area contributed by atoms with Gasteiger partial charge in [0.1, 0.15) is 12.4 Å². The van der Waals surface area contributed by atoms with Gasteiger partial charge in [-0.3, -0.25) is 0 Å². The molecule has 5 heteroatoms. The first-order chi connectivity index (χ1) is 13.1. The first kappa shape index (κ1) is 21.5. The molecule has 0 saturated carbocycles. The van der Waals surface area contributed by atoms with Crippen molar-refractivity contribution >= 4 is 11.6 Å². The molecule has 2 aromatic rings. The molecular weight excluding hydrogens is 365 g/mol. The van der Waals surface area contributed by atoms with Crippen LogP contribution in [0.5, 0.6) is 11.5 Å². The predicted octanol–water partition coefficient (Wildman–Crippen LogP) is 6.13. The first-order valence-electron chi connectivity index (χ1n) is 9.67.